The molecule has 0 unspecified atom stereocenters. The van der Waals surface area contributed by atoms with Gasteiger partial charge >= 0.3 is 0 Å². The summed E-state index contributed by atoms with van der Waals surface area (Å²) in [6.45, 7) is 1.76. The normalized spacial score (nSPS) is 11.1. The number of anilines is 1. The van der Waals surface area contributed by atoms with Crippen LogP contribution in [0.3, 0.4) is 0 Å². The van der Waals surface area contributed by atoms with Crippen molar-refractivity contribution in [3.63, 3.8) is 0 Å². The Morgan fingerprint density at radius 2 is 1.75 bits per heavy atom. The molecule has 3 aromatic rings. The van der Waals surface area contributed by atoms with E-state index in [2.05, 4.69) is 14.9 Å². The van der Waals surface area contributed by atoms with E-state index in [0.29, 0.717) is 28.4 Å². The number of aryl methyl sites for hydroxylation is 1. The molecule has 2 aromatic carbocycles. The van der Waals surface area contributed by atoms with Crippen LogP contribution in [0.1, 0.15) is 5.56 Å². The predicted octanol–water partition coefficient (Wildman–Crippen LogP) is 3.41. The maximum Gasteiger partial charge on any atom is 0.262 e. The molecule has 1 aromatic heterocycles. The van der Waals surface area contributed by atoms with Gasteiger partial charge in [-0.15, -0.1) is 10.2 Å². The molecular weight excluding hydrogens is 385 g/mol. The second kappa shape index (κ2) is 7.81. The summed E-state index contributed by atoms with van der Waals surface area (Å²) >= 11 is 0. The van der Waals surface area contributed by atoms with Gasteiger partial charge in [-0.3, -0.25) is 4.72 Å². The highest BCUT2D eigenvalue weighted by Gasteiger charge is 2.18. The van der Waals surface area contributed by atoms with E-state index in [1.807, 2.05) is 0 Å². The quantitative estimate of drug-likeness (QED) is 0.678. The van der Waals surface area contributed by atoms with E-state index >= 15 is 0 Å². The van der Waals surface area contributed by atoms with Crippen molar-refractivity contribution in [1.29, 1.82) is 0 Å². The first-order chi connectivity index (χ1) is 13.3. The van der Waals surface area contributed by atoms with E-state index < -0.39 is 15.8 Å². The fraction of sp³-hybridized carbons (Fsp3) is 0.158. The Labute approximate surface area is 162 Å². The number of rotatable bonds is 6. The van der Waals surface area contributed by atoms with Crippen molar-refractivity contribution in [3.05, 3.63) is 59.9 Å². The molecule has 0 radical (unpaired) electrons. The summed E-state index contributed by atoms with van der Waals surface area (Å²) in [5.74, 6) is -0.419. The van der Waals surface area contributed by atoms with Crippen molar-refractivity contribution >= 4 is 15.7 Å². The van der Waals surface area contributed by atoms with Gasteiger partial charge in [-0.1, -0.05) is 12.1 Å². The van der Waals surface area contributed by atoms with Gasteiger partial charge in [0.25, 0.3) is 10.0 Å². The van der Waals surface area contributed by atoms with Crippen LogP contribution in [0.15, 0.2) is 53.4 Å². The van der Waals surface area contributed by atoms with Gasteiger partial charge < -0.3 is 9.47 Å². The minimum absolute atomic E-state index is 0.0322. The van der Waals surface area contributed by atoms with E-state index in [4.69, 9.17) is 9.47 Å². The second-order valence-electron chi connectivity index (χ2n) is 5.89. The third kappa shape index (κ3) is 4.04. The average Bonchev–Trinajstić information content (AvgIpc) is 2.69. The number of hydrogen-bond donors (Lipinski definition) is 1. The van der Waals surface area contributed by atoms with Gasteiger partial charge in [0.1, 0.15) is 0 Å². The standard InChI is InChI=1S/C19H18FN3O4S/c1-12-4-5-13(16-7-9-19(27-3)22-21-16)10-17(12)23-28(24,25)14-6-8-18(26-2)15(20)11-14/h4-11,23H,1-3H3. The molecule has 9 heteroatoms. The maximum absolute atomic E-state index is 13.9. The van der Waals surface area contributed by atoms with Crippen molar-refractivity contribution in [3.8, 4) is 22.9 Å². The summed E-state index contributed by atoms with van der Waals surface area (Å²) in [6, 6.07) is 12.0. The number of hydrogen-bond acceptors (Lipinski definition) is 6. The van der Waals surface area contributed by atoms with Crippen LogP contribution in [0.5, 0.6) is 11.6 Å². The molecule has 0 amide bonds. The van der Waals surface area contributed by atoms with Gasteiger partial charge in [-0.2, -0.15) is 0 Å². The Kier molecular flexibility index (Phi) is 5.46. The summed E-state index contributed by atoms with van der Waals surface area (Å²) < 4.78 is 51.5. The lowest BCUT2D eigenvalue weighted by Crippen LogP contribution is -2.14. The molecular formula is C19H18FN3O4S. The Hall–Kier alpha value is -3.20. The summed E-state index contributed by atoms with van der Waals surface area (Å²) in [7, 11) is -1.20. The van der Waals surface area contributed by atoms with Crippen LogP contribution >= 0.6 is 0 Å². The molecule has 7 nitrogen and oxygen atoms in total. The molecule has 0 saturated carbocycles. The van der Waals surface area contributed by atoms with Gasteiger partial charge in [0.15, 0.2) is 11.6 Å². The van der Waals surface area contributed by atoms with E-state index in [0.717, 1.165) is 6.07 Å². The van der Waals surface area contributed by atoms with Crippen LogP contribution in [-0.4, -0.2) is 32.8 Å². The Morgan fingerprint density at radius 1 is 0.964 bits per heavy atom. The predicted molar refractivity (Wildman–Crippen MR) is 103 cm³/mol. The van der Waals surface area contributed by atoms with Gasteiger partial charge in [0.2, 0.25) is 5.88 Å². The van der Waals surface area contributed by atoms with Crippen LogP contribution < -0.4 is 14.2 Å². The number of sulfonamides is 1. The Bertz CT molecular complexity index is 1100. The first kappa shape index (κ1) is 19.6. The second-order valence-corrected chi connectivity index (χ2v) is 7.57. The van der Waals surface area contributed by atoms with E-state index in [-0.39, 0.29) is 10.6 Å². The van der Waals surface area contributed by atoms with Crippen molar-refractivity contribution in [2.24, 2.45) is 0 Å². The molecule has 146 valence electrons. The zero-order valence-corrected chi connectivity index (χ0v) is 16.2. The van der Waals surface area contributed by atoms with E-state index in [1.54, 1.807) is 37.3 Å². The van der Waals surface area contributed by atoms with Crippen LogP contribution in [0, 0.1) is 12.7 Å². The van der Waals surface area contributed by atoms with Gasteiger partial charge in [0.05, 0.1) is 30.5 Å². The number of benzene rings is 2. The first-order valence-corrected chi connectivity index (χ1v) is 9.67. The fourth-order valence-electron chi connectivity index (χ4n) is 2.49. The van der Waals surface area contributed by atoms with Crippen molar-refractivity contribution in [2.75, 3.05) is 18.9 Å². The van der Waals surface area contributed by atoms with Crippen LogP contribution in [0.4, 0.5) is 10.1 Å². The largest absolute Gasteiger partial charge is 0.494 e. The highest BCUT2D eigenvalue weighted by molar-refractivity contribution is 7.92. The number of nitrogens with zero attached hydrogens (tertiary/aromatic N) is 2. The molecule has 1 heterocycles. The lowest BCUT2D eigenvalue weighted by atomic mass is 10.1. The van der Waals surface area contributed by atoms with Crippen molar-refractivity contribution in [1.82, 2.24) is 10.2 Å². The highest BCUT2D eigenvalue weighted by atomic mass is 32.2. The van der Waals surface area contributed by atoms with E-state index in [9.17, 15) is 12.8 Å². The highest BCUT2D eigenvalue weighted by Crippen LogP contribution is 2.27. The zero-order valence-electron chi connectivity index (χ0n) is 15.4. The first-order valence-electron chi connectivity index (χ1n) is 8.19. The molecule has 0 atom stereocenters. The molecule has 0 saturated heterocycles. The summed E-state index contributed by atoms with van der Waals surface area (Å²) in [6.07, 6.45) is 0. The van der Waals surface area contributed by atoms with Gasteiger partial charge in [-0.25, -0.2) is 12.8 Å². The van der Waals surface area contributed by atoms with Crippen LogP contribution in [0.25, 0.3) is 11.3 Å². The molecule has 0 spiro atoms. The summed E-state index contributed by atoms with van der Waals surface area (Å²) in [5.41, 5.74) is 2.27. The van der Waals surface area contributed by atoms with E-state index in [1.165, 1.54) is 26.4 Å². The number of methoxy groups -OCH3 is 2. The number of aromatic nitrogens is 2. The molecule has 0 aliphatic carbocycles. The third-order valence-corrected chi connectivity index (χ3v) is 5.42. The molecule has 0 fully saturated rings. The molecule has 0 bridgehead atoms. The minimum Gasteiger partial charge on any atom is -0.494 e. The average molecular weight is 403 g/mol. The topological polar surface area (TPSA) is 90.4 Å². The SMILES string of the molecule is COc1ccc(-c2ccc(C)c(NS(=O)(=O)c3ccc(OC)c(F)c3)c2)nn1. The van der Waals surface area contributed by atoms with Crippen LogP contribution in [0.2, 0.25) is 0 Å². The smallest absolute Gasteiger partial charge is 0.262 e. The van der Waals surface area contributed by atoms with Gasteiger partial charge in [0, 0.05) is 11.6 Å². The maximum atomic E-state index is 13.9. The molecule has 3 rings (SSSR count). The lowest BCUT2D eigenvalue weighted by Gasteiger charge is -2.13. The summed E-state index contributed by atoms with van der Waals surface area (Å²) in [5, 5.41) is 7.97. The minimum atomic E-state index is -3.99. The molecule has 1 N–H and O–H groups in total. The molecule has 0 aliphatic rings. The molecule has 0 aliphatic heterocycles. The summed E-state index contributed by atoms with van der Waals surface area (Å²) in [4.78, 5) is -0.208. The fourth-order valence-corrected chi connectivity index (χ4v) is 3.63. The number of halogens is 1. The number of ether oxygens (including phenoxy) is 2. The Balaban J connectivity index is 1.93. The number of nitrogens with one attached hydrogen (secondary N) is 1. The van der Waals surface area contributed by atoms with Crippen molar-refractivity contribution in [2.45, 2.75) is 11.8 Å². The zero-order chi connectivity index (χ0) is 20.3. The Morgan fingerprint density at radius 3 is 2.36 bits per heavy atom. The lowest BCUT2D eigenvalue weighted by molar-refractivity contribution is 0.385. The third-order valence-electron chi connectivity index (χ3n) is 4.06. The van der Waals surface area contributed by atoms with Gasteiger partial charge in [-0.05, 0) is 42.8 Å². The monoisotopic (exact) mass is 403 g/mol. The van der Waals surface area contributed by atoms with Crippen molar-refractivity contribution < 1.29 is 22.3 Å². The molecule has 28 heavy (non-hydrogen) atoms. The van der Waals surface area contributed by atoms with Crippen LogP contribution in [-0.2, 0) is 10.0 Å².